The minimum absolute atomic E-state index is 0.0689. The van der Waals surface area contributed by atoms with Gasteiger partial charge in [0.05, 0.1) is 5.56 Å². The number of carbonyl (C=O) groups excluding carboxylic acids is 1. The first kappa shape index (κ1) is 17.8. The van der Waals surface area contributed by atoms with Crippen molar-refractivity contribution in [1.82, 2.24) is 5.32 Å². The number of carboxylic acids is 1. The second-order valence-electron chi connectivity index (χ2n) is 4.88. The average Bonchev–Trinajstić information content (AvgIpc) is 2.43. The molecule has 0 aliphatic heterocycles. The van der Waals surface area contributed by atoms with E-state index in [0.29, 0.717) is 6.42 Å². The summed E-state index contributed by atoms with van der Waals surface area (Å²) in [5.41, 5.74) is -0.970. The van der Waals surface area contributed by atoms with Crippen molar-refractivity contribution in [2.24, 2.45) is 5.92 Å². The van der Waals surface area contributed by atoms with E-state index >= 15 is 0 Å². The third-order valence-electron chi connectivity index (χ3n) is 3.21. The average molecular weight is 318 g/mol. The predicted octanol–water partition coefficient (Wildman–Crippen LogP) is 3.33. The first-order chi connectivity index (χ1) is 10.1. The third-order valence-corrected chi connectivity index (χ3v) is 3.21. The van der Waals surface area contributed by atoms with Gasteiger partial charge in [-0.1, -0.05) is 26.3 Å². The summed E-state index contributed by atoms with van der Waals surface area (Å²) in [6, 6.07) is 2.11. The van der Waals surface area contributed by atoms with Crippen LogP contribution in [-0.2, 0) is 11.0 Å². The highest BCUT2D eigenvalue weighted by Crippen LogP contribution is 2.30. The molecule has 2 atom stereocenters. The molecule has 0 saturated carbocycles. The Kier molecular flexibility index (Phi) is 5.78. The predicted molar refractivity (Wildman–Crippen MR) is 74.5 cm³/mol. The molecule has 0 radical (unpaired) electrons. The summed E-state index contributed by atoms with van der Waals surface area (Å²) >= 11 is 0. The number of aliphatic carboxylic acids is 1. The number of alkyl halides is 3. The molecule has 0 aromatic heterocycles. The van der Waals surface area contributed by atoms with Crippen molar-refractivity contribution in [2.75, 3.05) is 5.32 Å². The van der Waals surface area contributed by atoms with Crippen LogP contribution in [0.1, 0.15) is 25.8 Å². The van der Waals surface area contributed by atoms with Gasteiger partial charge in [0.25, 0.3) is 0 Å². The maximum Gasteiger partial charge on any atom is 0.416 e. The molecule has 3 N–H and O–H groups in total. The van der Waals surface area contributed by atoms with Crippen LogP contribution in [0.2, 0.25) is 0 Å². The Balaban J connectivity index is 2.78. The molecule has 0 aliphatic rings. The Morgan fingerprint density at radius 2 is 1.95 bits per heavy atom. The van der Waals surface area contributed by atoms with E-state index in [1.165, 1.54) is 6.07 Å². The highest BCUT2D eigenvalue weighted by Gasteiger charge is 2.30. The number of hydrogen-bond acceptors (Lipinski definition) is 2. The molecule has 1 rings (SSSR count). The molecule has 0 aliphatic carbocycles. The van der Waals surface area contributed by atoms with Crippen molar-refractivity contribution in [2.45, 2.75) is 32.5 Å². The molecule has 0 saturated heterocycles. The summed E-state index contributed by atoms with van der Waals surface area (Å²) in [5.74, 6) is -1.52. The smallest absolute Gasteiger partial charge is 0.416 e. The first-order valence-electron chi connectivity index (χ1n) is 6.62. The van der Waals surface area contributed by atoms with E-state index in [9.17, 15) is 22.8 Å². The first-order valence-corrected chi connectivity index (χ1v) is 6.62. The highest BCUT2D eigenvalue weighted by molar-refractivity contribution is 5.92. The Morgan fingerprint density at radius 3 is 2.45 bits per heavy atom. The molecule has 0 heterocycles. The molecule has 0 bridgehead atoms. The minimum atomic E-state index is -4.52. The van der Waals surface area contributed by atoms with Crippen molar-refractivity contribution in [3.63, 3.8) is 0 Å². The van der Waals surface area contributed by atoms with Crippen LogP contribution in [0.5, 0.6) is 0 Å². The minimum Gasteiger partial charge on any atom is -0.480 e. The van der Waals surface area contributed by atoms with Gasteiger partial charge in [-0.05, 0) is 24.1 Å². The second kappa shape index (κ2) is 7.15. The highest BCUT2D eigenvalue weighted by atomic mass is 19.4. The van der Waals surface area contributed by atoms with E-state index in [4.69, 9.17) is 5.11 Å². The monoisotopic (exact) mass is 318 g/mol. The lowest BCUT2D eigenvalue weighted by atomic mass is 9.99. The van der Waals surface area contributed by atoms with Crippen molar-refractivity contribution < 1.29 is 27.9 Å². The number of nitrogens with one attached hydrogen (secondary N) is 2. The number of hydrogen-bond donors (Lipinski definition) is 3. The lowest BCUT2D eigenvalue weighted by molar-refractivity contribution is -0.140. The van der Waals surface area contributed by atoms with E-state index in [-0.39, 0.29) is 11.6 Å². The summed E-state index contributed by atoms with van der Waals surface area (Å²) < 4.78 is 37.7. The molecule has 22 heavy (non-hydrogen) atoms. The molecule has 8 heteroatoms. The second-order valence-corrected chi connectivity index (χ2v) is 4.88. The number of rotatable bonds is 5. The van der Waals surface area contributed by atoms with Gasteiger partial charge < -0.3 is 15.7 Å². The fourth-order valence-electron chi connectivity index (χ4n) is 1.76. The lowest BCUT2D eigenvalue weighted by Gasteiger charge is -2.20. The van der Waals surface area contributed by atoms with Crippen LogP contribution in [0, 0.1) is 5.92 Å². The van der Waals surface area contributed by atoms with E-state index < -0.39 is 29.8 Å². The fraction of sp³-hybridized carbons (Fsp3) is 0.429. The summed E-state index contributed by atoms with van der Waals surface area (Å²) in [7, 11) is 0. The van der Waals surface area contributed by atoms with Gasteiger partial charge in [-0.15, -0.1) is 0 Å². The SMILES string of the molecule is CCC(C)C(NC(=O)Nc1cccc(C(F)(F)F)c1)C(=O)O. The van der Waals surface area contributed by atoms with Gasteiger partial charge in [-0.2, -0.15) is 13.2 Å². The van der Waals surface area contributed by atoms with E-state index in [1.54, 1.807) is 13.8 Å². The lowest BCUT2D eigenvalue weighted by Crippen LogP contribution is -2.46. The zero-order valence-electron chi connectivity index (χ0n) is 12.1. The summed E-state index contributed by atoms with van der Waals surface area (Å²) in [5, 5.41) is 13.5. The van der Waals surface area contributed by atoms with Gasteiger partial charge in [0, 0.05) is 5.69 Å². The quantitative estimate of drug-likeness (QED) is 0.779. The Labute approximate surface area is 125 Å². The molecule has 0 fully saturated rings. The Morgan fingerprint density at radius 1 is 1.32 bits per heavy atom. The van der Waals surface area contributed by atoms with Crippen LogP contribution in [0.15, 0.2) is 24.3 Å². The van der Waals surface area contributed by atoms with Crippen LogP contribution in [-0.4, -0.2) is 23.1 Å². The van der Waals surface area contributed by atoms with E-state index in [0.717, 1.165) is 18.2 Å². The number of halogens is 3. The third kappa shape index (κ3) is 4.94. The largest absolute Gasteiger partial charge is 0.480 e. The zero-order chi connectivity index (χ0) is 16.9. The molecule has 2 amide bonds. The summed E-state index contributed by atoms with van der Waals surface area (Å²) in [6.45, 7) is 3.43. The van der Waals surface area contributed by atoms with Crippen LogP contribution >= 0.6 is 0 Å². The maximum atomic E-state index is 12.6. The van der Waals surface area contributed by atoms with Gasteiger partial charge in [0.1, 0.15) is 6.04 Å². The van der Waals surface area contributed by atoms with Crippen molar-refractivity contribution >= 4 is 17.7 Å². The van der Waals surface area contributed by atoms with Gasteiger partial charge in [0.15, 0.2) is 0 Å². The molecule has 1 aromatic rings. The van der Waals surface area contributed by atoms with Gasteiger partial charge in [-0.3, -0.25) is 0 Å². The van der Waals surface area contributed by atoms with Gasteiger partial charge in [0.2, 0.25) is 0 Å². The molecule has 5 nitrogen and oxygen atoms in total. The zero-order valence-corrected chi connectivity index (χ0v) is 12.1. The van der Waals surface area contributed by atoms with Gasteiger partial charge in [-0.25, -0.2) is 9.59 Å². The standard InChI is InChI=1S/C14H17F3N2O3/c1-3-8(2)11(12(20)21)19-13(22)18-10-6-4-5-9(7-10)14(15,16)17/h4-8,11H,3H2,1-2H3,(H,20,21)(H2,18,19,22). The number of urea groups is 1. The topological polar surface area (TPSA) is 78.4 Å². The molecule has 2 unspecified atom stereocenters. The number of carbonyl (C=O) groups is 2. The molecular formula is C14H17F3N2O3. The maximum absolute atomic E-state index is 12.6. The van der Waals surface area contributed by atoms with Crippen LogP contribution in [0.4, 0.5) is 23.7 Å². The number of benzene rings is 1. The normalized spacial score (nSPS) is 14.0. The number of amides is 2. The molecule has 0 spiro atoms. The Bertz CT molecular complexity index is 546. The number of anilines is 1. The van der Waals surface area contributed by atoms with Crippen molar-refractivity contribution in [1.29, 1.82) is 0 Å². The van der Waals surface area contributed by atoms with Crippen LogP contribution in [0.3, 0.4) is 0 Å². The Hall–Kier alpha value is -2.25. The molecule has 122 valence electrons. The number of carboxylic acid groups (broad SMARTS) is 1. The van der Waals surface area contributed by atoms with Crippen molar-refractivity contribution in [3.05, 3.63) is 29.8 Å². The van der Waals surface area contributed by atoms with E-state index in [2.05, 4.69) is 10.6 Å². The van der Waals surface area contributed by atoms with Gasteiger partial charge >= 0.3 is 18.2 Å². The van der Waals surface area contributed by atoms with Crippen molar-refractivity contribution in [3.8, 4) is 0 Å². The molecular weight excluding hydrogens is 301 g/mol. The van der Waals surface area contributed by atoms with Crippen LogP contribution < -0.4 is 10.6 Å². The fourth-order valence-corrected chi connectivity index (χ4v) is 1.76. The molecule has 1 aromatic carbocycles. The van der Waals surface area contributed by atoms with E-state index in [1.807, 2.05) is 0 Å². The van der Waals surface area contributed by atoms with Crippen LogP contribution in [0.25, 0.3) is 0 Å². The summed E-state index contributed by atoms with van der Waals surface area (Å²) in [6.07, 6.45) is -3.99. The summed E-state index contributed by atoms with van der Waals surface area (Å²) in [4.78, 5) is 22.8.